The van der Waals surface area contributed by atoms with Gasteiger partial charge in [-0.05, 0) is 50.6 Å². The van der Waals surface area contributed by atoms with E-state index in [-0.39, 0.29) is 6.04 Å². The molecule has 14 heteroatoms. The van der Waals surface area contributed by atoms with Crippen LogP contribution in [0.2, 0.25) is 25.7 Å². The molecule has 2 saturated heterocycles. The van der Waals surface area contributed by atoms with Gasteiger partial charge in [0.25, 0.3) is 0 Å². The first-order valence-corrected chi connectivity index (χ1v) is 20.3. The number of aromatic nitrogens is 5. The quantitative estimate of drug-likeness (QED) is 0.155. The minimum atomic E-state index is -1.22. The van der Waals surface area contributed by atoms with E-state index in [9.17, 15) is 4.79 Å². The molecule has 2 aliphatic rings. The average molecular weight is 674 g/mol. The molecule has 0 saturated carbocycles. The van der Waals surface area contributed by atoms with Gasteiger partial charge in [0, 0.05) is 46.5 Å². The number of nitrogens with zero attached hydrogens (tertiary/aromatic N) is 7. The van der Waals surface area contributed by atoms with Crippen LogP contribution in [0.3, 0.4) is 0 Å². The summed E-state index contributed by atoms with van der Waals surface area (Å²) in [5, 5.41) is 7.30. The van der Waals surface area contributed by atoms with E-state index in [1.807, 2.05) is 37.8 Å². The van der Waals surface area contributed by atoms with E-state index < -0.39 is 19.8 Å². The molecule has 0 aliphatic carbocycles. The third kappa shape index (κ3) is 8.41. The highest BCUT2D eigenvalue weighted by atomic mass is 28.3. The van der Waals surface area contributed by atoms with E-state index in [1.54, 1.807) is 18.7 Å². The Morgan fingerprint density at radius 1 is 0.979 bits per heavy atom. The molecule has 48 heavy (non-hydrogen) atoms. The molecule has 1 amide bonds. The summed E-state index contributed by atoms with van der Waals surface area (Å²) >= 11 is 0. The lowest BCUT2D eigenvalue weighted by atomic mass is 10.1. The summed E-state index contributed by atoms with van der Waals surface area (Å²) in [6.07, 6.45) is 4.79. The van der Waals surface area contributed by atoms with Crippen molar-refractivity contribution in [1.29, 1.82) is 0 Å². The van der Waals surface area contributed by atoms with Gasteiger partial charge in [-0.2, -0.15) is 0 Å². The summed E-state index contributed by atoms with van der Waals surface area (Å²) < 4.78 is 19.3. The van der Waals surface area contributed by atoms with Crippen LogP contribution in [-0.2, 0) is 20.9 Å². The molecular weight excluding hydrogens is 627 g/mol. The lowest BCUT2D eigenvalue weighted by Crippen LogP contribution is -2.60. The Bertz CT molecular complexity index is 1690. The van der Waals surface area contributed by atoms with Crippen LogP contribution in [0.1, 0.15) is 20.8 Å². The molecule has 0 spiro atoms. The van der Waals surface area contributed by atoms with Gasteiger partial charge in [-0.1, -0.05) is 31.8 Å². The van der Waals surface area contributed by atoms with Crippen LogP contribution in [0.25, 0.3) is 22.3 Å². The fraction of sp³-hybridized carbons (Fsp3) is 0.500. The summed E-state index contributed by atoms with van der Waals surface area (Å²) in [6.45, 7) is 18.0. The van der Waals surface area contributed by atoms with E-state index in [2.05, 4.69) is 72.9 Å². The number of anilines is 4. The van der Waals surface area contributed by atoms with Gasteiger partial charge >= 0.3 is 6.09 Å². The number of morpholine rings is 1. The molecule has 0 bridgehead atoms. The number of carbonyl (C=O) groups excluding carboxylic acids is 1. The highest BCUT2D eigenvalue weighted by Gasteiger charge is 2.31. The number of amides is 1. The maximum Gasteiger partial charge on any atom is 0.407 e. The van der Waals surface area contributed by atoms with Crippen LogP contribution in [-0.4, -0.2) is 96.3 Å². The van der Waals surface area contributed by atoms with Gasteiger partial charge in [-0.25, -0.2) is 24.7 Å². The number of nitrogens with one attached hydrogen (secondary N) is 2. The van der Waals surface area contributed by atoms with Crippen LogP contribution in [0.5, 0.6) is 0 Å². The van der Waals surface area contributed by atoms with Crippen molar-refractivity contribution < 1.29 is 19.0 Å². The molecule has 2 N–H and O–H groups in total. The van der Waals surface area contributed by atoms with Crippen molar-refractivity contribution in [2.75, 3.05) is 61.1 Å². The summed E-state index contributed by atoms with van der Waals surface area (Å²) in [5.74, 6) is 1.55. The summed E-state index contributed by atoms with van der Waals surface area (Å²) in [6, 6.07) is 11.6. The molecule has 0 unspecified atom stereocenters. The van der Waals surface area contributed by atoms with Gasteiger partial charge in [0.15, 0.2) is 0 Å². The predicted molar refractivity (Wildman–Crippen MR) is 191 cm³/mol. The van der Waals surface area contributed by atoms with Crippen LogP contribution in [0.15, 0.2) is 49.1 Å². The Hall–Kier alpha value is -4.27. The van der Waals surface area contributed by atoms with E-state index in [0.717, 1.165) is 65.2 Å². The van der Waals surface area contributed by atoms with Crippen molar-refractivity contribution in [2.45, 2.75) is 64.8 Å². The summed E-state index contributed by atoms with van der Waals surface area (Å²) in [5.41, 5.74) is 4.13. The molecule has 2 fully saturated rings. The molecule has 4 aromatic rings. The highest BCUT2D eigenvalue weighted by Crippen LogP contribution is 2.33. The Kier molecular flexibility index (Phi) is 9.85. The van der Waals surface area contributed by atoms with E-state index in [4.69, 9.17) is 19.2 Å². The molecular formula is C34H47N9O4Si. The molecule has 0 radical (unpaired) electrons. The maximum atomic E-state index is 12.0. The van der Waals surface area contributed by atoms with Crippen molar-refractivity contribution in [1.82, 2.24) is 29.8 Å². The largest absolute Gasteiger partial charge is 0.444 e. The van der Waals surface area contributed by atoms with Crippen LogP contribution in [0.4, 0.5) is 27.9 Å². The molecule has 2 aliphatic heterocycles. The molecule has 0 atom stereocenters. The average Bonchev–Trinajstić information content (AvgIpc) is 3.39. The predicted octanol–water partition coefficient (Wildman–Crippen LogP) is 5.49. The molecule has 13 nitrogen and oxygen atoms in total. The second-order valence-electron chi connectivity index (χ2n) is 14.6. The van der Waals surface area contributed by atoms with Crippen molar-refractivity contribution in [2.24, 2.45) is 0 Å². The molecule has 1 aromatic carbocycles. The monoisotopic (exact) mass is 673 g/mol. The number of ether oxygens (including phenoxy) is 3. The standard InChI is InChI=1S/C34H47N9O4Si/c1-34(2,3)47-33(44)40-27-20-42(21-27)32-35-18-26(19-36-32)39-25-9-7-24(8-10-25)29-17-28-30(41-11-13-45-14-12-41)37-22-38-31(28)43(29)23-46-15-16-48(4,5)6/h7-10,17-19,22,27,39H,11-16,20-21,23H2,1-6H3,(H,40,44). The Morgan fingerprint density at radius 3 is 2.35 bits per heavy atom. The molecule has 3 aromatic heterocycles. The first kappa shape index (κ1) is 33.6. The van der Waals surface area contributed by atoms with Crippen LogP contribution >= 0.6 is 0 Å². The summed E-state index contributed by atoms with van der Waals surface area (Å²) in [7, 11) is -1.22. The van der Waals surface area contributed by atoms with Gasteiger partial charge in [0.2, 0.25) is 5.95 Å². The van der Waals surface area contributed by atoms with E-state index >= 15 is 0 Å². The third-order valence-electron chi connectivity index (χ3n) is 8.19. The second-order valence-corrected chi connectivity index (χ2v) is 20.2. The first-order chi connectivity index (χ1) is 22.9. The lowest BCUT2D eigenvalue weighted by molar-refractivity contribution is 0.0495. The molecule has 5 heterocycles. The Morgan fingerprint density at radius 2 is 1.69 bits per heavy atom. The second kappa shape index (κ2) is 14.1. The number of rotatable bonds is 11. The van der Waals surface area contributed by atoms with Gasteiger partial charge in [-0.3, -0.25) is 0 Å². The SMILES string of the molecule is CC(C)(C)OC(=O)NC1CN(c2ncc(Nc3ccc(-c4cc5c(N6CCOCC6)ncnc5n4COCC[Si](C)(C)C)cc3)cn2)C1. The number of carbonyl (C=O) groups is 1. The normalized spacial score (nSPS) is 15.8. The summed E-state index contributed by atoms with van der Waals surface area (Å²) in [4.78, 5) is 34.8. The zero-order valence-corrected chi connectivity index (χ0v) is 29.8. The zero-order valence-electron chi connectivity index (χ0n) is 28.8. The van der Waals surface area contributed by atoms with Crippen molar-refractivity contribution in [3.63, 3.8) is 0 Å². The molecule has 6 rings (SSSR count). The van der Waals surface area contributed by atoms with Crippen molar-refractivity contribution in [3.8, 4) is 11.3 Å². The Labute approximate surface area is 283 Å². The van der Waals surface area contributed by atoms with Gasteiger partial charge < -0.3 is 39.2 Å². The fourth-order valence-corrected chi connectivity index (χ4v) is 6.39. The van der Waals surface area contributed by atoms with Crippen molar-refractivity contribution >= 4 is 48.3 Å². The van der Waals surface area contributed by atoms with E-state index in [0.29, 0.717) is 39.0 Å². The van der Waals surface area contributed by atoms with Gasteiger partial charge in [-0.15, -0.1) is 0 Å². The van der Waals surface area contributed by atoms with Gasteiger partial charge in [0.05, 0.1) is 48.4 Å². The minimum absolute atomic E-state index is 0.00757. The van der Waals surface area contributed by atoms with Crippen LogP contribution in [0, 0.1) is 0 Å². The minimum Gasteiger partial charge on any atom is -0.444 e. The van der Waals surface area contributed by atoms with Crippen LogP contribution < -0.4 is 20.4 Å². The topological polar surface area (TPSA) is 132 Å². The Balaban J connectivity index is 1.13. The number of hydrogen-bond donors (Lipinski definition) is 2. The highest BCUT2D eigenvalue weighted by molar-refractivity contribution is 6.76. The van der Waals surface area contributed by atoms with E-state index in [1.165, 1.54) is 0 Å². The number of fused-ring (bicyclic) bond motifs is 1. The lowest BCUT2D eigenvalue weighted by Gasteiger charge is -2.39. The number of hydrogen-bond acceptors (Lipinski definition) is 11. The maximum absolute atomic E-state index is 12.0. The van der Waals surface area contributed by atoms with Gasteiger partial charge in [0.1, 0.15) is 30.1 Å². The number of alkyl carbamates (subject to hydrolysis) is 1. The number of benzene rings is 1. The smallest absolute Gasteiger partial charge is 0.407 e. The van der Waals surface area contributed by atoms with Crippen molar-refractivity contribution in [3.05, 3.63) is 49.1 Å². The third-order valence-corrected chi connectivity index (χ3v) is 9.89. The zero-order chi connectivity index (χ0) is 33.9. The molecule has 256 valence electrons. The first-order valence-electron chi connectivity index (χ1n) is 16.6. The fourth-order valence-electron chi connectivity index (χ4n) is 5.63.